The molecule has 1 aliphatic rings. The lowest BCUT2D eigenvalue weighted by molar-refractivity contribution is 0.0788. The first kappa shape index (κ1) is 13.2. The number of imidazole rings is 1. The van der Waals surface area contributed by atoms with Crippen molar-refractivity contribution in [3.8, 4) is 16.4 Å². The van der Waals surface area contributed by atoms with Gasteiger partial charge in [0.05, 0.1) is 28.5 Å². The third kappa shape index (κ3) is 1.92. The van der Waals surface area contributed by atoms with Gasteiger partial charge in [0.15, 0.2) is 0 Å². The normalized spacial score (nSPS) is 13.2. The van der Waals surface area contributed by atoms with E-state index >= 15 is 0 Å². The molecule has 0 radical (unpaired) electrons. The van der Waals surface area contributed by atoms with Gasteiger partial charge in [-0.25, -0.2) is 4.98 Å². The number of fused-ring (bicyclic) bond motifs is 3. The zero-order chi connectivity index (χ0) is 14.3. The van der Waals surface area contributed by atoms with Crippen molar-refractivity contribution in [1.82, 2.24) is 14.5 Å². The lowest BCUT2D eigenvalue weighted by atomic mass is 10.1. The van der Waals surface area contributed by atoms with Gasteiger partial charge in [0.2, 0.25) is 0 Å². The second-order valence-corrected chi connectivity index (χ2v) is 5.23. The Hall–Kier alpha value is -1.77. The first-order valence-corrected chi connectivity index (χ1v) is 7.02. The van der Waals surface area contributed by atoms with Crippen LogP contribution in [0.3, 0.4) is 0 Å². The Kier molecular flexibility index (Phi) is 3.28. The van der Waals surface area contributed by atoms with Crippen LogP contribution in [0, 0.1) is 10.8 Å². The highest BCUT2D eigenvalue weighted by Gasteiger charge is 2.27. The Morgan fingerprint density at radius 1 is 1.45 bits per heavy atom. The number of carbonyl (C=O) groups excluding carboxylic acids is 1. The summed E-state index contributed by atoms with van der Waals surface area (Å²) < 4.78 is 1.87. The second kappa shape index (κ2) is 4.97. The Morgan fingerprint density at radius 2 is 2.25 bits per heavy atom. The number of amides is 1. The minimum atomic E-state index is -0.105. The van der Waals surface area contributed by atoms with Crippen molar-refractivity contribution in [2.75, 3.05) is 7.05 Å². The Morgan fingerprint density at radius 3 is 3.00 bits per heavy atom. The van der Waals surface area contributed by atoms with Crippen molar-refractivity contribution in [3.63, 3.8) is 0 Å². The van der Waals surface area contributed by atoms with E-state index in [4.69, 9.17) is 11.6 Å². The van der Waals surface area contributed by atoms with Gasteiger partial charge in [0, 0.05) is 23.0 Å². The van der Waals surface area contributed by atoms with E-state index in [0.29, 0.717) is 22.8 Å². The van der Waals surface area contributed by atoms with Gasteiger partial charge in [-0.15, -0.1) is 0 Å². The Balaban J connectivity index is 2.33. The molecule has 2 aromatic rings. The average molecular weight is 351 g/mol. The molecule has 0 unspecified atom stereocenters. The van der Waals surface area contributed by atoms with Gasteiger partial charge in [-0.3, -0.25) is 9.36 Å². The summed E-state index contributed by atoms with van der Waals surface area (Å²) in [6.45, 7) is 0.431. The van der Waals surface area contributed by atoms with Crippen molar-refractivity contribution in [1.29, 1.82) is 0 Å². The van der Waals surface area contributed by atoms with E-state index < -0.39 is 0 Å². The lowest BCUT2D eigenvalue weighted by Gasteiger charge is -2.14. The van der Waals surface area contributed by atoms with E-state index in [-0.39, 0.29) is 5.91 Å². The predicted octanol–water partition coefficient (Wildman–Crippen LogP) is 2.82. The van der Waals surface area contributed by atoms with Gasteiger partial charge in [-0.2, -0.15) is 0 Å². The van der Waals surface area contributed by atoms with E-state index in [0.717, 1.165) is 11.4 Å². The molecular weight excluding hydrogens is 342 g/mol. The minimum absolute atomic E-state index is 0.105. The molecule has 0 aliphatic carbocycles. The average Bonchev–Trinajstić information content (AvgIpc) is 2.76. The zero-order valence-corrected chi connectivity index (χ0v) is 12.9. The zero-order valence-electron chi connectivity index (χ0n) is 10.5. The van der Waals surface area contributed by atoms with Crippen molar-refractivity contribution >= 4 is 33.4 Å². The van der Waals surface area contributed by atoms with Crippen LogP contribution in [0.15, 0.2) is 24.5 Å². The molecule has 4 nitrogen and oxygen atoms in total. The second-order valence-electron chi connectivity index (χ2n) is 4.42. The van der Waals surface area contributed by atoms with E-state index in [1.165, 1.54) is 0 Å². The first-order chi connectivity index (χ1) is 9.63. The highest BCUT2D eigenvalue weighted by atomic mass is 79.9. The summed E-state index contributed by atoms with van der Waals surface area (Å²) in [6.07, 6.45) is 1.67. The molecule has 2 heterocycles. The van der Waals surface area contributed by atoms with Gasteiger partial charge in [0.25, 0.3) is 5.91 Å². The summed E-state index contributed by atoms with van der Waals surface area (Å²) in [5, 5.41) is 0.439. The third-order valence-corrected chi connectivity index (χ3v) is 3.74. The molecule has 1 aliphatic heterocycles. The molecule has 6 heteroatoms. The number of benzene rings is 1. The van der Waals surface area contributed by atoms with Crippen molar-refractivity contribution < 1.29 is 4.79 Å². The van der Waals surface area contributed by atoms with Crippen LogP contribution in [0.1, 0.15) is 21.7 Å². The molecule has 1 amide bonds. The number of nitrogens with zero attached hydrogens (tertiary/aromatic N) is 3. The predicted molar refractivity (Wildman–Crippen MR) is 80.2 cm³/mol. The summed E-state index contributed by atoms with van der Waals surface area (Å²) in [5.41, 5.74) is 2.74. The number of halogens is 2. The minimum Gasteiger partial charge on any atom is -0.336 e. The SMILES string of the molecule is CN1Cc2c(C#CBr)ncn2-c2cccc(Cl)c2C1=O. The van der Waals surface area contributed by atoms with E-state index in [9.17, 15) is 4.79 Å². The van der Waals surface area contributed by atoms with E-state index in [1.54, 1.807) is 24.3 Å². The summed E-state index contributed by atoms with van der Waals surface area (Å²) in [6, 6.07) is 5.39. The largest absolute Gasteiger partial charge is 0.336 e. The van der Waals surface area contributed by atoms with Gasteiger partial charge in [-0.05, 0) is 22.9 Å². The van der Waals surface area contributed by atoms with Crippen LogP contribution >= 0.6 is 27.5 Å². The number of rotatable bonds is 0. The molecular formula is C14H9BrClN3O. The van der Waals surface area contributed by atoms with E-state index in [2.05, 4.69) is 31.7 Å². The summed E-state index contributed by atoms with van der Waals surface area (Å²) in [7, 11) is 1.74. The summed E-state index contributed by atoms with van der Waals surface area (Å²) in [5.74, 6) is 2.78. The van der Waals surface area contributed by atoms with Gasteiger partial charge in [-0.1, -0.05) is 17.7 Å². The quantitative estimate of drug-likeness (QED) is 0.685. The van der Waals surface area contributed by atoms with Crippen LogP contribution < -0.4 is 0 Å². The summed E-state index contributed by atoms with van der Waals surface area (Å²) >= 11 is 9.27. The molecule has 0 saturated carbocycles. The molecule has 20 heavy (non-hydrogen) atoms. The smallest absolute Gasteiger partial charge is 0.257 e. The fourth-order valence-electron chi connectivity index (χ4n) is 2.29. The Bertz CT molecular complexity index is 772. The molecule has 0 fully saturated rings. The van der Waals surface area contributed by atoms with Gasteiger partial charge < -0.3 is 4.90 Å². The van der Waals surface area contributed by atoms with Crippen molar-refractivity contribution in [3.05, 3.63) is 46.5 Å². The Labute approximate surface area is 129 Å². The molecule has 0 atom stereocenters. The highest BCUT2D eigenvalue weighted by molar-refractivity contribution is 9.12. The standard InChI is InChI=1S/C14H9BrClN3O/c1-18-7-12-10(5-6-15)17-8-19(12)11-4-2-3-9(16)13(11)14(18)20/h2-4,8H,7H2,1H3. The molecule has 1 aromatic carbocycles. The van der Waals surface area contributed by atoms with Crippen LogP contribution in [0.4, 0.5) is 0 Å². The highest BCUT2D eigenvalue weighted by Crippen LogP contribution is 2.29. The molecule has 1 aromatic heterocycles. The topological polar surface area (TPSA) is 38.1 Å². The first-order valence-electron chi connectivity index (χ1n) is 5.85. The van der Waals surface area contributed by atoms with Crippen LogP contribution in [0.2, 0.25) is 5.02 Å². The van der Waals surface area contributed by atoms with E-state index in [1.807, 2.05) is 16.7 Å². The maximum absolute atomic E-state index is 12.5. The molecule has 100 valence electrons. The van der Waals surface area contributed by atoms with Crippen molar-refractivity contribution in [2.24, 2.45) is 0 Å². The monoisotopic (exact) mass is 349 g/mol. The van der Waals surface area contributed by atoms with Crippen LogP contribution in [-0.4, -0.2) is 27.4 Å². The summed E-state index contributed by atoms with van der Waals surface area (Å²) in [4.78, 5) is 21.0. The van der Waals surface area contributed by atoms with Gasteiger partial charge >= 0.3 is 0 Å². The molecule has 0 saturated heterocycles. The van der Waals surface area contributed by atoms with Crippen LogP contribution in [-0.2, 0) is 6.54 Å². The molecule has 0 N–H and O–H groups in total. The fourth-order valence-corrected chi connectivity index (χ4v) is 2.73. The maximum Gasteiger partial charge on any atom is 0.257 e. The maximum atomic E-state index is 12.5. The molecule has 0 spiro atoms. The van der Waals surface area contributed by atoms with Crippen molar-refractivity contribution in [2.45, 2.75) is 6.54 Å². The molecule has 3 rings (SSSR count). The molecule has 0 bridgehead atoms. The number of hydrogen-bond donors (Lipinski definition) is 0. The van der Waals surface area contributed by atoms with Gasteiger partial charge in [0.1, 0.15) is 12.0 Å². The lowest BCUT2D eigenvalue weighted by Crippen LogP contribution is -2.25. The number of hydrogen-bond acceptors (Lipinski definition) is 2. The van der Waals surface area contributed by atoms with Crippen LogP contribution in [0.25, 0.3) is 5.69 Å². The third-order valence-electron chi connectivity index (χ3n) is 3.23. The number of carbonyl (C=O) groups is 1. The fraction of sp³-hybridized carbons (Fsp3) is 0.143. The van der Waals surface area contributed by atoms with Crippen LogP contribution in [0.5, 0.6) is 0 Å². The number of aromatic nitrogens is 2.